The Morgan fingerprint density at radius 2 is 2.13 bits per heavy atom. The first-order valence-corrected chi connectivity index (χ1v) is 8.67. The molecular weight excluding hydrogens is 292 g/mol. The van der Waals surface area contributed by atoms with Crippen LogP contribution in [0.3, 0.4) is 0 Å². The van der Waals surface area contributed by atoms with E-state index in [1.54, 1.807) is 6.33 Å². The lowest BCUT2D eigenvalue weighted by atomic mass is 9.85. The molecule has 1 aromatic rings. The summed E-state index contributed by atoms with van der Waals surface area (Å²) in [6.07, 6.45) is 6.90. The van der Waals surface area contributed by atoms with Gasteiger partial charge < -0.3 is 15.2 Å². The Morgan fingerprint density at radius 3 is 2.78 bits per heavy atom. The molecule has 1 fully saturated rings. The Bertz CT molecular complexity index is 589. The Morgan fingerprint density at radius 1 is 1.35 bits per heavy atom. The van der Waals surface area contributed by atoms with Gasteiger partial charge in [0.05, 0.1) is 17.9 Å². The summed E-state index contributed by atoms with van der Waals surface area (Å²) in [5, 5.41) is 5.97. The van der Waals surface area contributed by atoms with Gasteiger partial charge in [-0.2, -0.15) is 0 Å². The monoisotopic (exact) mass is 318 g/mol. The van der Waals surface area contributed by atoms with E-state index < -0.39 is 0 Å². The van der Waals surface area contributed by atoms with Gasteiger partial charge >= 0.3 is 0 Å². The van der Waals surface area contributed by atoms with Crippen LogP contribution in [0.5, 0.6) is 0 Å². The summed E-state index contributed by atoms with van der Waals surface area (Å²) in [6.45, 7) is 5.29. The molecule has 0 radical (unpaired) electrons. The second-order valence-corrected chi connectivity index (χ2v) is 7.10. The van der Waals surface area contributed by atoms with Crippen molar-refractivity contribution in [2.45, 2.75) is 58.5 Å². The van der Waals surface area contributed by atoms with Crippen molar-refractivity contribution < 1.29 is 9.59 Å². The van der Waals surface area contributed by atoms with E-state index in [1.807, 2.05) is 18.4 Å². The number of hydrogen-bond donors (Lipinski definition) is 2. The van der Waals surface area contributed by atoms with E-state index in [2.05, 4.69) is 15.6 Å². The molecule has 1 aromatic heterocycles. The van der Waals surface area contributed by atoms with Crippen LogP contribution in [0.4, 0.5) is 0 Å². The van der Waals surface area contributed by atoms with E-state index in [-0.39, 0.29) is 23.8 Å². The summed E-state index contributed by atoms with van der Waals surface area (Å²) in [5.74, 6) is 0.623. The highest BCUT2D eigenvalue weighted by molar-refractivity contribution is 5.93. The molecule has 2 N–H and O–H groups in total. The Labute approximate surface area is 137 Å². The number of nitrogens with one attached hydrogen (secondary N) is 2. The van der Waals surface area contributed by atoms with Crippen LogP contribution in [0.15, 0.2) is 6.33 Å². The lowest BCUT2D eigenvalue weighted by Crippen LogP contribution is -2.39. The first-order chi connectivity index (χ1) is 11.0. The van der Waals surface area contributed by atoms with E-state index in [4.69, 9.17) is 0 Å². The number of carbonyl (C=O) groups is 2. The summed E-state index contributed by atoms with van der Waals surface area (Å²) in [4.78, 5) is 28.8. The first kappa shape index (κ1) is 16.0. The van der Waals surface area contributed by atoms with Gasteiger partial charge in [0, 0.05) is 19.1 Å². The van der Waals surface area contributed by atoms with Crippen molar-refractivity contribution in [3.63, 3.8) is 0 Å². The summed E-state index contributed by atoms with van der Waals surface area (Å²) in [6, 6.07) is 0.152. The van der Waals surface area contributed by atoms with Crippen molar-refractivity contribution in [3.8, 4) is 0 Å². The minimum absolute atomic E-state index is 0.0370. The van der Waals surface area contributed by atoms with Crippen LogP contribution in [0.2, 0.25) is 0 Å². The third-order valence-corrected chi connectivity index (χ3v) is 4.89. The van der Waals surface area contributed by atoms with Gasteiger partial charge in [0.1, 0.15) is 5.69 Å². The van der Waals surface area contributed by atoms with Crippen LogP contribution in [-0.2, 0) is 17.8 Å². The lowest BCUT2D eigenvalue weighted by molar-refractivity contribution is -0.126. The van der Waals surface area contributed by atoms with Crippen LogP contribution in [0, 0.1) is 11.8 Å². The fraction of sp³-hybridized carbons (Fsp3) is 0.706. The molecule has 23 heavy (non-hydrogen) atoms. The van der Waals surface area contributed by atoms with Gasteiger partial charge in [0.25, 0.3) is 5.91 Å². The van der Waals surface area contributed by atoms with Crippen molar-refractivity contribution in [1.29, 1.82) is 0 Å². The number of nitrogens with zero attached hydrogens (tertiary/aromatic N) is 2. The van der Waals surface area contributed by atoms with Crippen LogP contribution < -0.4 is 10.6 Å². The molecule has 2 heterocycles. The van der Waals surface area contributed by atoms with Gasteiger partial charge in [-0.1, -0.05) is 6.42 Å². The van der Waals surface area contributed by atoms with Gasteiger partial charge in [-0.05, 0) is 45.4 Å². The average molecular weight is 318 g/mol. The highest BCUT2D eigenvalue weighted by Crippen LogP contribution is 2.26. The maximum Gasteiger partial charge on any atom is 0.271 e. The molecule has 2 aliphatic rings. The van der Waals surface area contributed by atoms with Gasteiger partial charge in [0.15, 0.2) is 0 Å². The number of fused-ring (bicyclic) bond motifs is 1. The summed E-state index contributed by atoms with van der Waals surface area (Å²) < 4.78 is 1.96. The van der Waals surface area contributed by atoms with Gasteiger partial charge in [-0.25, -0.2) is 4.98 Å². The molecule has 0 bridgehead atoms. The van der Waals surface area contributed by atoms with Gasteiger partial charge in [-0.15, -0.1) is 0 Å². The maximum absolute atomic E-state index is 12.3. The topological polar surface area (TPSA) is 76.0 Å². The van der Waals surface area contributed by atoms with Gasteiger partial charge in [-0.3, -0.25) is 9.59 Å². The zero-order valence-corrected chi connectivity index (χ0v) is 14.0. The van der Waals surface area contributed by atoms with E-state index in [0.717, 1.165) is 25.1 Å². The number of aromatic nitrogens is 2. The molecule has 1 saturated carbocycles. The van der Waals surface area contributed by atoms with E-state index >= 15 is 0 Å². The standard InChI is InChI=1S/C17H26N4O2/c1-11(2)20-16(22)13-6-7-14-15(19-10-21(14)9-13)17(23)18-8-12-4-3-5-12/h10-13H,3-9H2,1-2H3,(H,18,23)(H,20,22). The lowest BCUT2D eigenvalue weighted by Gasteiger charge is -2.26. The predicted octanol–water partition coefficient (Wildman–Crippen LogP) is 1.50. The molecule has 1 aliphatic heterocycles. The van der Waals surface area contributed by atoms with E-state index in [9.17, 15) is 9.59 Å². The van der Waals surface area contributed by atoms with Crippen molar-refractivity contribution >= 4 is 11.8 Å². The molecule has 1 unspecified atom stereocenters. The van der Waals surface area contributed by atoms with Gasteiger partial charge in [0.2, 0.25) is 5.91 Å². The average Bonchev–Trinajstić information content (AvgIpc) is 2.87. The molecule has 3 rings (SSSR count). The third-order valence-electron chi connectivity index (χ3n) is 4.89. The largest absolute Gasteiger partial charge is 0.354 e. The van der Waals surface area contributed by atoms with E-state index in [0.29, 0.717) is 18.2 Å². The van der Waals surface area contributed by atoms with Crippen molar-refractivity contribution in [1.82, 2.24) is 20.2 Å². The van der Waals surface area contributed by atoms with Crippen molar-refractivity contribution in [3.05, 3.63) is 17.7 Å². The minimum atomic E-state index is -0.0734. The smallest absolute Gasteiger partial charge is 0.271 e. The third kappa shape index (κ3) is 3.57. The van der Waals surface area contributed by atoms with Crippen LogP contribution in [0.1, 0.15) is 55.7 Å². The SMILES string of the molecule is CC(C)NC(=O)C1CCc2c(C(=O)NCC3CCC3)ncn2C1. The molecule has 126 valence electrons. The van der Waals surface area contributed by atoms with Crippen LogP contribution in [0.25, 0.3) is 0 Å². The molecule has 0 aromatic carbocycles. The van der Waals surface area contributed by atoms with Crippen LogP contribution in [-0.4, -0.2) is 34.0 Å². The zero-order chi connectivity index (χ0) is 16.4. The number of imidazole rings is 1. The zero-order valence-electron chi connectivity index (χ0n) is 14.0. The Balaban J connectivity index is 1.61. The summed E-state index contributed by atoms with van der Waals surface area (Å²) in [7, 11) is 0. The summed E-state index contributed by atoms with van der Waals surface area (Å²) in [5.41, 5.74) is 1.50. The second-order valence-electron chi connectivity index (χ2n) is 7.10. The Hall–Kier alpha value is -1.85. The number of hydrogen-bond acceptors (Lipinski definition) is 3. The molecule has 0 spiro atoms. The highest BCUT2D eigenvalue weighted by atomic mass is 16.2. The quantitative estimate of drug-likeness (QED) is 0.864. The summed E-state index contributed by atoms with van der Waals surface area (Å²) >= 11 is 0. The molecule has 0 saturated heterocycles. The van der Waals surface area contributed by atoms with Crippen molar-refractivity contribution in [2.75, 3.05) is 6.54 Å². The normalized spacial score (nSPS) is 20.7. The fourth-order valence-corrected chi connectivity index (χ4v) is 3.29. The van der Waals surface area contributed by atoms with E-state index in [1.165, 1.54) is 19.3 Å². The number of carbonyl (C=O) groups excluding carboxylic acids is 2. The molecule has 6 nitrogen and oxygen atoms in total. The minimum Gasteiger partial charge on any atom is -0.354 e. The fourth-order valence-electron chi connectivity index (χ4n) is 3.29. The second kappa shape index (κ2) is 6.72. The molecular formula is C17H26N4O2. The molecule has 6 heteroatoms. The molecule has 2 amide bonds. The maximum atomic E-state index is 12.3. The molecule has 1 aliphatic carbocycles. The molecule has 1 atom stereocenters. The number of rotatable bonds is 5. The highest BCUT2D eigenvalue weighted by Gasteiger charge is 2.29. The predicted molar refractivity (Wildman–Crippen MR) is 87.0 cm³/mol. The van der Waals surface area contributed by atoms with Crippen molar-refractivity contribution in [2.24, 2.45) is 11.8 Å². The first-order valence-electron chi connectivity index (χ1n) is 8.67. The van der Waals surface area contributed by atoms with Crippen LogP contribution >= 0.6 is 0 Å². The Kier molecular flexibility index (Phi) is 4.68. The number of amides is 2.